The predicted octanol–water partition coefficient (Wildman–Crippen LogP) is 2.60. The van der Waals surface area contributed by atoms with Gasteiger partial charge in [0.25, 0.3) is 10.0 Å². The number of hydrogen-bond donors (Lipinski definition) is 1. The highest BCUT2D eigenvalue weighted by molar-refractivity contribution is 7.92. The largest absolute Gasteiger partial charge is 0.379 e. The highest BCUT2D eigenvalue weighted by Gasteiger charge is 2.27. The second-order valence-corrected chi connectivity index (χ2v) is 9.83. The average Bonchev–Trinajstić information content (AvgIpc) is 2.75. The number of carbonyl (C=O) groups excluding carboxylic acids is 1. The molecule has 2 aromatic carbocycles. The van der Waals surface area contributed by atoms with Gasteiger partial charge in [0.2, 0.25) is 5.91 Å². The molecule has 0 aliphatic carbocycles. The van der Waals surface area contributed by atoms with E-state index in [0.717, 1.165) is 28.5 Å². The van der Waals surface area contributed by atoms with Crippen LogP contribution in [0.5, 0.6) is 0 Å². The van der Waals surface area contributed by atoms with E-state index >= 15 is 0 Å². The summed E-state index contributed by atoms with van der Waals surface area (Å²) in [4.78, 5) is 15.0. The SMILES string of the molecule is Cc1ccc(S(=O)(=O)N(CC(=O)NCCN2CCOCC2)c2ccc(C)c(Cl)c2)cc1. The summed E-state index contributed by atoms with van der Waals surface area (Å²) in [6, 6.07) is 11.5. The summed E-state index contributed by atoms with van der Waals surface area (Å²) in [7, 11) is -3.95. The van der Waals surface area contributed by atoms with E-state index in [1.165, 1.54) is 0 Å². The summed E-state index contributed by atoms with van der Waals surface area (Å²) in [5.41, 5.74) is 2.12. The minimum absolute atomic E-state index is 0.121. The van der Waals surface area contributed by atoms with E-state index in [0.29, 0.717) is 37.0 Å². The van der Waals surface area contributed by atoms with Crippen LogP contribution in [0.4, 0.5) is 5.69 Å². The number of sulfonamides is 1. The smallest absolute Gasteiger partial charge is 0.264 e. The fourth-order valence-electron chi connectivity index (χ4n) is 3.25. The van der Waals surface area contributed by atoms with E-state index < -0.39 is 10.0 Å². The number of aryl methyl sites for hydroxylation is 2. The number of rotatable bonds is 8. The third kappa shape index (κ3) is 6.20. The first kappa shape index (κ1) is 23.5. The van der Waals surface area contributed by atoms with Crippen molar-refractivity contribution in [1.29, 1.82) is 0 Å². The van der Waals surface area contributed by atoms with Crippen LogP contribution in [0, 0.1) is 13.8 Å². The monoisotopic (exact) mass is 465 g/mol. The van der Waals surface area contributed by atoms with E-state index in [2.05, 4.69) is 10.2 Å². The summed E-state index contributed by atoms with van der Waals surface area (Å²) in [6.07, 6.45) is 0. The molecule has 0 saturated carbocycles. The van der Waals surface area contributed by atoms with E-state index in [4.69, 9.17) is 16.3 Å². The van der Waals surface area contributed by atoms with Gasteiger partial charge in [-0.1, -0.05) is 35.4 Å². The maximum Gasteiger partial charge on any atom is 0.264 e. The van der Waals surface area contributed by atoms with Crippen molar-refractivity contribution >= 4 is 33.2 Å². The number of halogens is 1. The Morgan fingerprint density at radius 2 is 1.81 bits per heavy atom. The molecule has 1 aliphatic rings. The molecule has 1 amide bonds. The summed E-state index contributed by atoms with van der Waals surface area (Å²) in [5.74, 6) is -0.374. The van der Waals surface area contributed by atoms with E-state index in [-0.39, 0.29) is 17.3 Å². The number of morpholine rings is 1. The lowest BCUT2D eigenvalue weighted by Gasteiger charge is -2.27. The molecule has 0 unspecified atom stereocenters. The fraction of sp³-hybridized carbons (Fsp3) is 0.409. The Hall–Kier alpha value is -2.13. The minimum Gasteiger partial charge on any atom is -0.379 e. The minimum atomic E-state index is -3.95. The van der Waals surface area contributed by atoms with Crippen LogP contribution in [0.1, 0.15) is 11.1 Å². The molecule has 0 atom stereocenters. The molecule has 0 spiro atoms. The summed E-state index contributed by atoms with van der Waals surface area (Å²) in [6.45, 7) is 7.53. The number of nitrogens with zero attached hydrogens (tertiary/aromatic N) is 2. The van der Waals surface area contributed by atoms with Crippen LogP contribution in [0.2, 0.25) is 5.02 Å². The van der Waals surface area contributed by atoms with Crippen LogP contribution in [-0.4, -0.2) is 65.2 Å². The number of carbonyl (C=O) groups is 1. The van der Waals surface area contributed by atoms with Crippen LogP contribution in [0.15, 0.2) is 47.4 Å². The lowest BCUT2D eigenvalue weighted by molar-refractivity contribution is -0.119. The molecule has 0 bridgehead atoms. The van der Waals surface area contributed by atoms with Crippen molar-refractivity contribution in [2.24, 2.45) is 0 Å². The van der Waals surface area contributed by atoms with Crippen molar-refractivity contribution in [3.63, 3.8) is 0 Å². The summed E-state index contributed by atoms with van der Waals surface area (Å²) in [5, 5.41) is 3.27. The van der Waals surface area contributed by atoms with Gasteiger partial charge in [0.1, 0.15) is 6.54 Å². The molecule has 2 aromatic rings. The second-order valence-electron chi connectivity index (χ2n) is 7.56. The van der Waals surface area contributed by atoms with Gasteiger partial charge in [-0.2, -0.15) is 0 Å². The van der Waals surface area contributed by atoms with Gasteiger partial charge in [0.15, 0.2) is 0 Å². The number of amides is 1. The molecule has 31 heavy (non-hydrogen) atoms. The van der Waals surface area contributed by atoms with Crippen LogP contribution >= 0.6 is 11.6 Å². The van der Waals surface area contributed by atoms with E-state index in [9.17, 15) is 13.2 Å². The number of anilines is 1. The molecule has 1 N–H and O–H groups in total. The number of benzene rings is 2. The standard InChI is InChI=1S/C22H28ClN3O4S/c1-17-3-7-20(8-4-17)31(28,29)26(19-6-5-18(2)21(23)15-19)16-22(27)24-9-10-25-11-13-30-14-12-25/h3-8,15H,9-14,16H2,1-2H3,(H,24,27). The van der Waals surface area contributed by atoms with E-state index in [1.54, 1.807) is 42.5 Å². The van der Waals surface area contributed by atoms with Crippen molar-refractivity contribution in [1.82, 2.24) is 10.2 Å². The third-order valence-corrected chi connectivity index (χ3v) is 7.39. The Morgan fingerprint density at radius 1 is 1.13 bits per heavy atom. The lowest BCUT2D eigenvalue weighted by atomic mass is 10.2. The highest BCUT2D eigenvalue weighted by atomic mass is 35.5. The van der Waals surface area contributed by atoms with Crippen LogP contribution in [-0.2, 0) is 19.6 Å². The number of hydrogen-bond acceptors (Lipinski definition) is 5. The molecule has 0 radical (unpaired) electrons. The molecule has 0 aromatic heterocycles. The molecule has 3 rings (SSSR count). The summed E-state index contributed by atoms with van der Waals surface area (Å²) >= 11 is 6.24. The highest BCUT2D eigenvalue weighted by Crippen LogP contribution is 2.28. The molecular formula is C22H28ClN3O4S. The molecule has 168 valence electrons. The summed E-state index contributed by atoms with van der Waals surface area (Å²) < 4.78 is 33.2. The van der Waals surface area contributed by atoms with Gasteiger partial charge in [0.05, 0.1) is 23.8 Å². The number of ether oxygens (including phenoxy) is 1. The van der Waals surface area contributed by atoms with Crippen molar-refractivity contribution < 1.29 is 17.9 Å². The van der Waals surface area contributed by atoms with Gasteiger partial charge in [0, 0.05) is 31.2 Å². The Morgan fingerprint density at radius 3 is 2.45 bits per heavy atom. The Kier molecular flexibility index (Phi) is 7.94. The van der Waals surface area contributed by atoms with Crippen LogP contribution < -0.4 is 9.62 Å². The zero-order valence-electron chi connectivity index (χ0n) is 17.8. The Balaban J connectivity index is 1.77. The van der Waals surface area contributed by atoms with Gasteiger partial charge in [-0.25, -0.2) is 8.42 Å². The van der Waals surface area contributed by atoms with Gasteiger partial charge >= 0.3 is 0 Å². The van der Waals surface area contributed by atoms with Gasteiger partial charge in [-0.3, -0.25) is 14.0 Å². The molecule has 9 heteroatoms. The van der Waals surface area contributed by atoms with Crippen molar-refractivity contribution in [3.05, 3.63) is 58.6 Å². The maximum atomic E-state index is 13.4. The quantitative estimate of drug-likeness (QED) is 0.648. The van der Waals surface area contributed by atoms with Crippen LogP contribution in [0.3, 0.4) is 0 Å². The topological polar surface area (TPSA) is 79.0 Å². The second kappa shape index (κ2) is 10.5. The van der Waals surface area contributed by atoms with E-state index in [1.807, 2.05) is 13.8 Å². The Bertz CT molecular complexity index is 1010. The Labute approximate surface area is 189 Å². The van der Waals surface area contributed by atoms with Crippen molar-refractivity contribution in [2.75, 3.05) is 50.2 Å². The zero-order chi connectivity index (χ0) is 22.4. The average molecular weight is 466 g/mol. The fourth-order valence-corrected chi connectivity index (χ4v) is 4.84. The first-order valence-corrected chi connectivity index (χ1v) is 12.0. The predicted molar refractivity (Wildman–Crippen MR) is 122 cm³/mol. The molecule has 1 aliphatic heterocycles. The first-order chi connectivity index (χ1) is 14.8. The van der Waals surface area contributed by atoms with Crippen molar-refractivity contribution in [2.45, 2.75) is 18.7 Å². The molecule has 1 heterocycles. The first-order valence-electron chi connectivity index (χ1n) is 10.2. The molecule has 1 saturated heterocycles. The lowest BCUT2D eigenvalue weighted by Crippen LogP contribution is -2.44. The molecule has 1 fully saturated rings. The normalized spacial score (nSPS) is 14.9. The van der Waals surface area contributed by atoms with Crippen LogP contribution in [0.25, 0.3) is 0 Å². The van der Waals surface area contributed by atoms with Crippen molar-refractivity contribution in [3.8, 4) is 0 Å². The molecular weight excluding hydrogens is 438 g/mol. The van der Waals surface area contributed by atoms with Gasteiger partial charge in [-0.15, -0.1) is 0 Å². The third-order valence-electron chi connectivity index (χ3n) is 5.19. The number of nitrogens with one attached hydrogen (secondary N) is 1. The van der Waals surface area contributed by atoms with Gasteiger partial charge < -0.3 is 10.1 Å². The van der Waals surface area contributed by atoms with Gasteiger partial charge in [-0.05, 0) is 43.7 Å². The zero-order valence-corrected chi connectivity index (χ0v) is 19.4. The maximum absolute atomic E-state index is 13.4. The molecule has 7 nitrogen and oxygen atoms in total.